The summed E-state index contributed by atoms with van der Waals surface area (Å²) in [6, 6.07) is 14.2. The van der Waals surface area contributed by atoms with Crippen LogP contribution >= 0.6 is 11.3 Å². The molecule has 0 aliphatic carbocycles. The summed E-state index contributed by atoms with van der Waals surface area (Å²) in [7, 11) is 0. The Bertz CT molecular complexity index is 1060. The second kappa shape index (κ2) is 5.14. The first-order valence-corrected chi connectivity index (χ1v) is 8.00. The van der Waals surface area contributed by atoms with Crippen LogP contribution in [0.4, 0.5) is 5.69 Å². The highest BCUT2D eigenvalue weighted by Crippen LogP contribution is 2.35. The molecule has 4 aromatic rings. The average molecular weight is 319 g/mol. The first-order chi connectivity index (χ1) is 11.2. The molecule has 23 heavy (non-hydrogen) atoms. The molecule has 2 aromatic heterocycles. The number of benzene rings is 2. The largest absolute Gasteiger partial charge is 0.397 e. The fourth-order valence-corrected chi connectivity index (χ4v) is 3.80. The highest BCUT2D eigenvalue weighted by molar-refractivity contribution is 7.20. The van der Waals surface area contributed by atoms with Crippen LogP contribution in [-0.4, -0.2) is 16.3 Å². The molecule has 0 saturated carbocycles. The number of thiophene rings is 1. The number of carbonyl (C=O) groups is 1. The van der Waals surface area contributed by atoms with Crippen LogP contribution in [0.5, 0.6) is 0 Å². The number of aldehydes is 1. The number of nitrogen functional groups attached to an aromatic ring is 1. The zero-order valence-corrected chi connectivity index (χ0v) is 13.2. The zero-order valence-electron chi connectivity index (χ0n) is 12.4. The third kappa shape index (κ3) is 2.09. The molecule has 0 bridgehead atoms. The zero-order chi connectivity index (χ0) is 16.0. The van der Waals surface area contributed by atoms with Crippen molar-refractivity contribution < 1.29 is 4.79 Å². The molecule has 2 heterocycles. The van der Waals surface area contributed by atoms with Gasteiger partial charge in [0.1, 0.15) is 4.83 Å². The summed E-state index contributed by atoms with van der Waals surface area (Å²) in [5, 5.41) is 3.03. The molecule has 5 heteroatoms. The number of aryl methyl sites for hydroxylation is 1. The van der Waals surface area contributed by atoms with Gasteiger partial charge in [0.15, 0.2) is 12.1 Å². The van der Waals surface area contributed by atoms with Crippen molar-refractivity contribution in [1.82, 2.24) is 9.97 Å². The highest BCUT2D eigenvalue weighted by Gasteiger charge is 2.16. The van der Waals surface area contributed by atoms with Crippen molar-refractivity contribution in [2.24, 2.45) is 0 Å². The number of rotatable bonds is 2. The summed E-state index contributed by atoms with van der Waals surface area (Å²) in [4.78, 5) is 21.7. The Hall–Kier alpha value is -2.79. The molecule has 0 saturated heterocycles. The second-order valence-corrected chi connectivity index (χ2v) is 6.37. The van der Waals surface area contributed by atoms with Gasteiger partial charge in [0.25, 0.3) is 0 Å². The van der Waals surface area contributed by atoms with Gasteiger partial charge in [-0.25, -0.2) is 9.97 Å². The van der Waals surface area contributed by atoms with E-state index in [1.54, 1.807) is 0 Å². The van der Waals surface area contributed by atoms with Gasteiger partial charge in [-0.05, 0) is 17.7 Å². The van der Waals surface area contributed by atoms with Gasteiger partial charge in [-0.3, -0.25) is 4.79 Å². The summed E-state index contributed by atoms with van der Waals surface area (Å²) in [5.74, 6) is 0.658. The van der Waals surface area contributed by atoms with Crippen LogP contribution in [0, 0.1) is 6.92 Å². The van der Waals surface area contributed by atoms with E-state index in [2.05, 4.69) is 28.2 Å². The smallest absolute Gasteiger partial charge is 0.162 e. The first-order valence-electron chi connectivity index (χ1n) is 7.19. The molecule has 0 spiro atoms. The minimum Gasteiger partial charge on any atom is -0.397 e. The Labute approximate surface area is 136 Å². The number of nitrogens with zero attached hydrogens (tertiary/aromatic N) is 2. The molecule has 0 atom stereocenters. The Morgan fingerprint density at radius 1 is 1.09 bits per heavy atom. The standard InChI is InChI=1S/C18H13N3OS/c1-10-15-16(19)14(9-22)23-18(15)21-17(20-10)13-8-4-6-11-5-2-3-7-12(11)13/h2-9H,19H2,1H3. The van der Waals surface area contributed by atoms with Gasteiger partial charge >= 0.3 is 0 Å². The Morgan fingerprint density at radius 3 is 2.70 bits per heavy atom. The Balaban J connectivity index is 2.04. The third-order valence-electron chi connectivity index (χ3n) is 3.94. The van der Waals surface area contributed by atoms with Crippen molar-refractivity contribution in [3.63, 3.8) is 0 Å². The van der Waals surface area contributed by atoms with Crippen LogP contribution in [0.25, 0.3) is 32.4 Å². The Morgan fingerprint density at radius 2 is 1.87 bits per heavy atom. The number of nitrogens with two attached hydrogens (primary N) is 1. The van der Waals surface area contributed by atoms with E-state index in [4.69, 9.17) is 5.73 Å². The van der Waals surface area contributed by atoms with Gasteiger partial charge in [0.2, 0.25) is 0 Å². The minimum atomic E-state index is 0.474. The van der Waals surface area contributed by atoms with Gasteiger partial charge in [0, 0.05) is 5.56 Å². The van der Waals surface area contributed by atoms with E-state index in [1.165, 1.54) is 11.3 Å². The molecule has 4 rings (SSSR count). The van der Waals surface area contributed by atoms with Gasteiger partial charge < -0.3 is 5.73 Å². The molecule has 0 fully saturated rings. The van der Waals surface area contributed by atoms with Crippen molar-refractivity contribution >= 4 is 44.3 Å². The van der Waals surface area contributed by atoms with Gasteiger partial charge in [-0.2, -0.15) is 0 Å². The summed E-state index contributed by atoms with van der Waals surface area (Å²) in [6.07, 6.45) is 0.776. The van der Waals surface area contributed by atoms with E-state index in [0.29, 0.717) is 16.4 Å². The van der Waals surface area contributed by atoms with Crippen molar-refractivity contribution in [2.75, 3.05) is 5.73 Å². The lowest BCUT2D eigenvalue weighted by Gasteiger charge is -2.07. The SMILES string of the molecule is Cc1nc(-c2cccc3ccccc23)nc2sc(C=O)c(N)c12. The number of hydrogen-bond donors (Lipinski definition) is 1. The van der Waals surface area contributed by atoms with E-state index in [0.717, 1.165) is 38.5 Å². The number of hydrogen-bond acceptors (Lipinski definition) is 5. The maximum absolute atomic E-state index is 11.1. The van der Waals surface area contributed by atoms with Crippen molar-refractivity contribution in [3.8, 4) is 11.4 Å². The molecule has 2 aromatic carbocycles. The molecular formula is C18H13N3OS. The molecule has 0 unspecified atom stereocenters. The van der Waals surface area contributed by atoms with Crippen LogP contribution < -0.4 is 5.73 Å². The van der Waals surface area contributed by atoms with Crippen molar-refractivity contribution in [1.29, 1.82) is 0 Å². The summed E-state index contributed by atoms with van der Waals surface area (Å²) in [5.41, 5.74) is 8.27. The van der Waals surface area contributed by atoms with Crippen LogP contribution in [0.2, 0.25) is 0 Å². The molecular weight excluding hydrogens is 306 g/mol. The fraction of sp³-hybridized carbons (Fsp3) is 0.0556. The van der Waals surface area contributed by atoms with Crippen LogP contribution in [0.15, 0.2) is 42.5 Å². The molecule has 0 aliphatic heterocycles. The molecule has 0 radical (unpaired) electrons. The summed E-state index contributed by atoms with van der Waals surface area (Å²) >= 11 is 1.31. The van der Waals surface area contributed by atoms with Crippen LogP contribution in [0.1, 0.15) is 15.4 Å². The monoisotopic (exact) mass is 319 g/mol. The number of anilines is 1. The van der Waals surface area contributed by atoms with Crippen LogP contribution in [0.3, 0.4) is 0 Å². The highest BCUT2D eigenvalue weighted by atomic mass is 32.1. The topological polar surface area (TPSA) is 68.9 Å². The lowest BCUT2D eigenvalue weighted by molar-refractivity contribution is 0.112. The molecule has 112 valence electrons. The van der Waals surface area contributed by atoms with E-state index in [1.807, 2.05) is 31.2 Å². The maximum Gasteiger partial charge on any atom is 0.162 e. The first kappa shape index (κ1) is 13.8. The molecule has 0 amide bonds. The maximum atomic E-state index is 11.1. The predicted molar refractivity (Wildman–Crippen MR) is 94.9 cm³/mol. The lowest BCUT2D eigenvalue weighted by Crippen LogP contribution is -1.95. The average Bonchev–Trinajstić information content (AvgIpc) is 2.90. The fourth-order valence-electron chi connectivity index (χ4n) is 2.84. The van der Waals surface area contributed by atoms with Gasteiger partial charge in [-0.15, -0.1) is 11.3 Å². The molecule has 0 aliphatic rings. The van der Waals surface area contributed by atoms with Crippen LogP contribution in [-0.2, 0) is 0 Å². The van der Waals surface area contributed by atoms with Crippen molar-refractivity contribution in [3.05, 3.63) is 53.0 Å². The van der Waals surface area contributed by atoms with E-state index >= 15 is 0 Å². The number of fused-ring (bicyclic) bond motifs is 2. The quantitative estimate of drug-likeness (QED) is 0.562. The van der Waals surface area contributed by atoms with E-state index < -0.39 is 0 Å². The second-order valence-electron chi connectivity index (χ2n) is 5.34. The van der Waals surface area contributed by atoms with Crippen molar-refractivity contribution in [2.45, 2.75) is 6.92 Å². The van der Waals surface area contributed by atoms with Gasteiger partial charge in [-0.1, -0.05) is 42.5 Å². The third-order valence-corrected chi connectivity index (χ3v) is 4.96. The summed E-state index contributed by atoms with van der Waals surface area (Å²) < 4.78 is 0. The normalized spacial score (nSPS) is 11.2. The molecule has 4 nitrogen and oxygen atoms in total. The lowest BCUT2D eigenvalue weighted by atomic mass is 10.0. The number of aromatic nitrogens is 2. The van der Waals surface area contributed by atoms with E-state index in [-0.39, 0.29) is 0 Å². The summed E-state index contributed by atoms with van der Waals surface area (Å²) in [6.45, 7) is 1.90. The molecule has 2 N–H and O–H groups in total. The Kier molecular flexibility index (Phi) is 3.09. The minimum absolute atomic E-state index is 0.474. The predicted octanol–water partition coefficient (Wildman–Crippen LogP) is 4.21. The van der Waals surface area contributed by atoms with E-state index in [9.17, 15) is 4.79 Å². The van der Waals surface area contributed by atoms with Gasteiger partial charge in [0.05, 0.1) is 21.6 Å². The number of carbonyl (C=O) groups excluding carboxylic acids is 1.